The van der Waals surface area contributed by atoms with Gasteiger partial charge in [-0.25, -0.2) is 0 Å². The molecule has 2 fully saturated rings. The van der Waals surface area contributed by atoms with Crippen molar-refractivity contribution >= 4 is 5.91 Å². The van der Waals surface area contributed by atoms with E-state index in [9.17, 15) is 4.79 Å². The third-order valence-electron chi connectivity index (χ3n) is 5.52. The van der Waals surface area contributed by atoms with Crippen molar-refractivity contribution in [2.45, 2.75) is 50.7 Å². The molecule has 0 spiro atoms. The average molecular weight is 355 g/mol. The number of benzene rings is 1. The second kappa shape index (κ2) is 7.02. The highest BCUT2D eigenvalue weighted by atomic mass is 16.5. The summed E-state index contributed by atoms with van der Waals surface area (Å²) in [5, 5.41) is 4.48. The van der Waals surface area contributed by atoms with Crippen LogP contribution in [0.1, 0.15) is 37.3 Å². The lowest BCUT2D eigenvalue weighted by molar-refractivity contribution is -0.138. The zero-order valence-electron chi connectivity index (χ0n) is 15.3. The SMILES string of the molecule is COc1ccccc1OCC(=O)N1C2CCC1CC(n1cc(C)cn1)C2. The van der Waals surface area contributed by atoms with E-state index in [0.717, 1.165) is 25.7 Å². The molecule has 6 heteroatoms. The first-order valence-electron chi connectivity index (χ1n) is 9.23. The molecule has 4 rings (SSSR count). The fraction of sp³-hybridized carbons (Fsp3) is 0.500. The topological polar surface area (TPSA) is 56.6 Å². The number of nitrogens with zero attached hydrogens (tertiary/aromatic N) is 3. The van der Waals surface area contributed by atoms with Crippen LogP contribution < -0.4 is 9.47 Å². The van der Waals surface area contributed by atoms with Crippen molar-refractivity contribution < 1.29 is 14.3 Å². The van der Waals surface area contributed by atoms with Gasteiger partial charge in [-0.1, -0.05) is 12.1 Å². The fourth-order valence-electron chi connectivity index (χ4n) is 4.36. The summed E-state index contributed by atoms with van der Waals surface area (Å²) in [6, 6.07) is 8.39. The molecule has 26 heavy (non-hydrogen) atoms. The van der Waals surface area contributed by atoms with Gasteiger partial charge in [0.05, 0.1) is 19.3 Å². The normalized spacial score (nSPS) is 24.5. The number of rotatable bonds is 5. The fourth-order valence-corrected chi connectivity index (χ4v) is 4.36. The van der Waals surface area contributed by atoms with Crippen molar-refractivity contribution in [1.82, 2.24) is 14.7 Å². The number of para-hydroxylation sites is 2. The van der Waals surface area contributed by atoms with Gasteiger partial charge in [0.15, 0.2) is 18.1 Å². The Morgan fingerprint density at radius 2 is 1.85 bits per heavy atom. The predicted octanol–water partition coefficient (Wildman–Crippen LogP) is 2.97. The van der Waals surface area contributed by atoms with Crippen molar-refractivity contribution in [2.24, 2.45) is 0 Å². The van der Waals surface area contributed by atoms with Crippen LogP contribution in [0, 0.1) is 6.92 Å². The maximum Gasteiger partial charge on any atom is 0.261 e. The number of aromatic nitrogens is 2. The highest BCUT2D eigenvalue weighted by Crippen LogP contribution is 2.40. The molecule has 138 valence electrons. The van der Waals surface area contributed by atoms with Crippen molar-refractivity contribution in [1.29, 1.82) is 0 Å². The Kier molecular flexibility index (Phi) is 4.57. The number of piperidine rings is 1. The van der Waals surface area contributed by atoms with Gasteiger partial charge in [-0.05, 0) is 50.3 Å². The second-order valence-electron chi connectivity index (χ2n) is 7.25. The van der Waals surface area contributed by atoms with Crippen LogP contribution in [0.5, 0.6) is 11.5 Å². The van der Waals surface area contributed by atoms with Crippen LogP contribution in [0.4, 0.5) is 0 Å². The van der Waals surface area contributed by atoms with E-state index in [-0.39, 0.29) is 24.6 Å². The smallest absolute Gasteiger partial charge is 0.261 e. The van der Waals surface area contributed by atoms with Gasteiger partial charge in [-0.3, -0.25) is 9.48 Å². The standard InChI is InChI=1S/C20H25N3O3/c1-14-11-21-22(12-14)17-9-15-7-8-16(10-17)23(15)20(24)13-26-19-6-4-3-5-18(19)25-2/h3-6,11-12,15-17H,7-10,13H2,1-2H3. The van der Waals surface area contributed by atoms with Crippen LogP contribution in [0.2, 0.25) is 0 Å². The molecule has 1 aromatic heterocycles. The molecule has 0 N–H and O–H groups in total. The van der Waals surface area contributed by atoms with Crippen molar-refractivity contribution in [2.75, 3.05) is 13.7 Å². The Morgan fingerprint density at radius 1 is 1.15 bits per heavy atom. The summed E-state index contributed by atoms with van der Waals surface area (Å²) in [5.41, 5.74) is 1.18. The average Bonchev–Trinajstić information content (AvgIpc) is 3.20. The van der Waals surface area contributed by atoms with Crippen molar-refractivity contribution in [3.8, 4) is 11.5 Å². The number of fused-ring (bicyclic) bond motifs is 2. The zero-order valence-corrected chi connectivity index (χ0v) is 15.3. The van der Waals surface area contributed by atoms with Gasteiger partial charge in [0.25, 0.3) is 5.91 Å². The van der Waals surface area contributed by atoms with Crippen LogP contribution in [0.15, 0.2) is 36.7 Å². The summed E-state index contributed by atoms with van der Waals surface area (Å²) < 4.78 is 13.1. The molecule has 6 nitrogen and oxygen atoms in total. The molecule has 2 aromatic rings. The van der Waals surface area contributed by atoms with E-state index in [1.807, 2.05) is 30.5 Å². The molecule has 2 atom stereocenters. The lowest BCUT2D eigenvalue weighted by Crippen LogP contribution is -2.48. The lowest BCUT2D eigenvalue weighted by Gasteiger charge is -2.39. The molecule has 2 unspecified atom stereocenters. The molecular formula is C20H25N3O3. The number of methoxy groups -OCH3 is 1. The van der Waals surface area contributed by atoms with Crippen LogP contribution >= 0.6 is 0 Å². The molecule has 0 saturated carbocycles. The Morgan fingerprint density at radius 3 is 2.46 bits per heavy atom. The van der Waals surface area contributed by atoms with Gasteiger partial charge < -0.3 is 14.4 Å². The van der Waals surface area contributed by atoms with Crippen LogP contribution in [-0.4, -0.2) is 46.4 Å². The zero-order chi connectivity index (χ0) is 18.1. The molecule has 2 bridgehead atoms. The summed E-state index contributed by atoms with van der Waals surface area (Å²) in [7, 11) is 1.60. The first-order valence-corrected chi connectivity index (χ1v) is 9.23. The summed E-state index contributed by atoms with van der Waals surface area (Å²) >= 11 is 0. The van der Waals surface area contributed by atoms with E-state index < -0.39 is 0 Å². The van der Waals surface area contributed by atoms with Gasteiger partial charge in [-0.2, -0.15) is 5.10 Å². The molecule has 0 radical (unpaired) electrons. The van der Waals surface area contributed by atoms with E-state index in [0.29, 0.717) is 17.5 Å². The Bertz CT molecular complexity index is 774. The monoisotopic (exact) mass is 355 g/mol. The molecule has 2 aliphatic heterocycles. The van der Waals surface area contributed by atoms with Crippen LogP contribution in [0.25, 0.3) is 0 Å². The Labute approximate surface area is 153 Å². The molecule has 1 aromatic carbocycles. The number of ether oxygens (including phenoxy) is 2. The minimum Gasteiger partial charge on any atom is -0.493 e. The third-order valence-corrected chi connectivity index (χ3v) is 5.52. The summed E-state index contributed by atoms with van der Waals surface area (Å²) in [4.78, 5) is 14.9. The highest BCUT2D eigenvalue weighted by Gasteiger charge is 2.43. The number of carbonyl (C=O) groups excluding carboxylic acids is 1. The highest BCUT2D eigenvalue weighted by molar-refractivity contribution is 5.79. The van der Waals surface area contributed by atoms with Crippen molar-refractivity contribution in [3.63, 3.8) is 0 Å². The third kappa shape index (κ3) is 3.16. The largest absolute Gasteiger partial charge is 0.493 e. The second-order valence-corrected chi connectivity index (χ2v) is 7.25. The van der Waals surface area contributed by atoms with Gasteiger partial charge in [0, 0.05) is 18.3 Å². The molecular weight excluding hydrogens is 330 g/mol. The predicted molar refractivity (Wildman–Crippen MR) is 97.4 cm³/mol. The number of aryl methyl sites for hydroxylation is 1. The number of hydrogen-bond donors (Lipinski definition) is 0. The first kappa shape index (κ1) is 16.9. The maximum absolute atomic E-state index is 12.8. The molecule has 3 heterocycles. The molecule has 2 aliphatic rings. The molecule has 1 amide bonds. The number of amides is 1. The summed E-state index contributed by atoms with van der Waals surface area (Å²) in [5.74, 6) is 1.33. The van der Waals surface area contributed by atoms with E-state index >= 15 is 0 Å². The van der Waals surface area contributed by atoms with Crippen molar-refractivity contribution in [3.05, 3.63) is 42.2 Å². The maximum atomic E-state index is 12.8. The summed E-state index contributed by atoms with van der Waals surface area (Å²) in [6.07, 6.45) is 8.09. The van der Waals surface area contributed by atoms with Gasteiger partial charge in [0.1, 0.15) is 0 Å². The van der Waals surface area contributed by atoms with E-state index in [2.05, 4.69) is 27.8 Å². The number of hydrogen-bond acceptors (Lipinski definition) is 4. The summed E-state index contributed by atoms with van der Waals surface area (Å²) in [6.45, 7) is 2.12. The minimum atomic E-state index is 0.0545. The molecule has 2 saturated heterocycles. The van der Waals surface area contributed by atoms with Gasteiger partial charge >= 0.3 is 0 Å². The van der Waals surface area contributed by atoms with Gasteiger partial charge in [-0.15, -0.1) is 0 Å². The van der Waals surface area contributed by atoms with Gasteiger partial charge in [0.2, 0.25) is 0 Å². The quantitative estimate of drug-likeness (QED) is 0.827. The minimum absolute atomic E-state index is 0.0545. The van der Waals surface area contributed by atoms with Crippen LogP contribution in [0.3, 0.4) is 0 Å². The Balaban J connectivity index is 1.40. The Hall–Kier alpha value is -2.50. The first-order chi connectivity index (χ1) is 12.7. The van der Waals surface area contributed by atoms with E-state index in [4.69, 9.17) is 9.47 Å². The van der Waals surface area contributed by atoms with E-state index in [1.54, 1.807) is 7.11 Å². The lowest BCUT2D eigenvalue weighted by atomic mass is 9.97. The van der Waals surface area contributed by atoms with E-state index in [1.165, 1.54) is 5.56 Å². The molecule has 0 aliphatic carbocycles. The van der Waals surface area contributed by atoms with Crippen LogP contribution in [-0.2, 0) is 4.79 Å². The number of carbonyl (C=O) groups is 1.